The number of carbonyl (C=O) groups excluding carboxylic acids is 2. The van der Waals surface area contributed by atoms with Crippen molar-refractivity contribution >= 4 is 27.3 Å². The third-order valence-corrected chi connectivity index (χ3v) is 5.09. The van der Waals surface area contributed by atoms with Crippen molar-refractivity contribution in [1.29, 1.82) is 0 Å². The summed E-state index contributed by atoms with van der Waals surface area (Å²) in [6.45, 7) is 4.61. The van der Waals surface area contributed by atoms with E-state index < -0.39 is 15.8 Å². The zero-order chi connectivity index (χ0) is 17.9. The quantitative estimate of drug-likeness (QED) is 0.837. The molecule has 0 bridgehead atoms. The largest absolute Gasteiger partial charge is 0.355 e. The van der Waals surface area contributed by atoms with E-state index in [1.165, 1.54) is 5.56 Å². The Morgan fingerprint density at radius 1 is 1.29 bits per heavy atom. The molecular weight excluding hydrogens is 328 g/mol. The van der Waals surface area contributed by atoms with Crippen LogP contribution in [0.15, 0.2) is 24.3 Å². The van der Waals surface area contributed by atoms with Crippen LogP contribution in [0.25, 0.3) is 0 Å². The molecule has 7 heteroatoms. The van der Waals surface area contributed by atoms with Gasteiger partial charge in [-0.3, -0.25) is 9.59 Å². The first-order chi connectivity index (χ1) is 11.2. The van der Waals surface area contributed by atoms with Crippen LogP contribution in [0.5, 0.6) is 0 Å². The van der Waals surface area contributed by atoms with Crippen molar-refractivity contribution < 1.29 is 18.0 Å². The number of hydrogen-bond donors (Lipinski definition) is 1. The smallest absolute Gasteiger partial charge is 0.227 e. The Morgan fingerprint density at radius 3 is 2.46 bits per heavy atom. The molecule has 0 spiro atoms. The van der Waals surface area contributed by atoms with Gasteiger partial charge >= 0.3 is 0 Å². The highest BCUT2D eigenvalue weighted by atomic mass is 32.2. The van der Waals surface area contributed by atoms with Gasteiger partial charge in [-0.2, -0.15) is 0 Å². The summed E-state index contributed by atoms with van der Waals surface area (Å²) in [7, 11) is -3.11. The fourth-order valence-corrected chi connectivity index (χ4v) is 3.15. The number of nitrogens with zero attached hydrogens (tertiary/aromatic N) is 1. The Morgan fingerprint density at radius 2 is 1.92 bits per heavy atom. The highest BCUT2D eigenvalue weighted by Gasteiger charge is 2.35. The molecule has 1 unspecified atom stereocenters. The molecule has 1 heterocycles. The molecule has 6 nitrogen and oxygen atoms in total. The van der Waals surface area contributed by atoms with Gasteiger partial charge in [0, 0.05) is 31.5 Å². The molecule has 0 aromatic heterocycles. The van der Waals surface area contributed by atoms with Crippen molar-refractivity contribution in [2.24, 2.45) is 5.92 Å². The first-order valence-electron chi connectivity index (χ1n) is 8.03. The molecule has 1 aliphatic heterocycles. The number of hydrogen-bond acceptors (Lipinski definition) is 4. The standard InChI is InChI=1S/C17H24N2O4S/c1-12(2)13-4-6-15(7-5-13)19-11-14(10-16(19)20)17(21)18-8-9-24(3,22)23/h4-7,12,14H,8-11H2,1-3H3,(H,18,21). The Bertz CT molecular complexity index is 711. The van der Waals surface area contributed by atoms with Gasteiger partial charge in [-0.25, -0.2) is 8.42 Å². The van der Waals surface area contributed by atoms with Crippen molar-refractivity contribution in [3.8, 4) is 0 Å². The summed E-state index contributed by atoms with van der Waals surface area (Å²) in [5.74, 6) is -0.479. The second kappa shape index (κ2) is 7.34. The molecule has 1 fully saturated rings. The molecule has 2 rings (SSSR count). The van der Waals surface area contributed by atoms with E-state index >= 15 is 0 Å². The maximum absolute atomic E-state index is 12.2. The number of rotatable bonds is 6. The van der Waals surface area contributed by atoms with Gasteiger partial charge in [0.05, 0.1) is 11.7 Å². The monoisotopic (exact) mass is 352 g/mol. The van der Waals surface area contributed by atoms with E-state index in [4.69, 9.17) is 0 Å². The topological polar surface area (TPSA) is 83.6 Å². The number of nitrogens with one attached hydrogen (secondary N) is 1. The number of benzene rings is 1. The third-order valence-electron chi connectivity index (χ3n) is 4.14. The molecule has 1 aromatic carbocycles. The van der Waals surface area contributed by atoms with Gasteiger partial charge in [-0.15, -0.1) is 0 Å². The van der Waals surface area contributed by atoms with Crippen LogP contribution in [0, 0.1) is 5.92 Å². The van der Waals surface area contributed by atoms with E-state index in [1.54, 1.807) is 4.90 Å². The molecule has 1 atom stereocenters. The molecule has 0 radical (unpaired) electrons. The Labute approximate surface area is 143 Å². The highest BCUT2D eigenvalue weighted by molar-refractivity contribution is 7.90. The maximum atomic E-state index is 12.2. The lowest BCUT2D eigenvalue weighted by Crippen LogP contribution is -2.35. The molecule has 1 saturated heterocycles. The minimum atomic E-state index is -3.11. The Hall–Kier alpha value is -1.89. The van der Waals surface area contributed by atoms with E-state index in [2.05, 4.69) is 19.2 Å². The fraction of sp³-hybridized carbons (Fsp3) is 0.529. The van der Waals surface area contributed by atoms with Gasteiger partial charge in [0.2, 0.25) is 11.8 Å². The molecule has 0 aliphatic carbocycles. The molecule has 2 amide bonds. The van der Waals surface area contributed by atoms with E-state index in [0.29, 0.717) is 12.5 Å². The predicted molar refractivity (Wildman–Crippen MR) is 93.7 cm³/mol. The van der Waals surface area contributed by atoms with Crippen molar-refractivity contribution in [3.05, 3.63) is 29.8 Å². The minimum absolute atomic E-state index is 0.0748. The van der Waals surface area contributed by atoms with Crippen molar-refractivity contribution in [2.45, 2.75) is 26.2 Å². The van der Waals surface area contributed by atoms with E-state index in [0.717, 1.165) is 11.9 Å². The molecule has 1 aliphatic rings. The molecule has 0 saturated carbocycles. The Balaban J connectivity index is 1.96. The van der Waals surface area contributed by atoms with Crippen LogP contribution in [0.2, 0.25) is 0 Å². The number of sulfone groups is 1. The lowest BCUT2D eigenvalue weighted by molar-refractivity contribution is -0.126. The van der Waals surface area contributed by atoms with Gasteiger partial charge in [0.25, 0.3) is 0 Å². The van der Waals surface area contributed by atoms with Gasteiger partial charge in [0.15, 0.2) is 0 Å². The first kappa shape index (κ1) is 18.4. The fourth-order valence-electron chi connectivity index (χ4n) is 2.68. The average molecular weight is 352 g/mol. The predicted octanol–water partition coefficient (Wildman–Crippen LogP) is 1.32. The molecule has 24 heavy (non-hydrogen) atoms. The maximum Gasteiger partial charge on any atom is 0.227 e. The minimum Gasteiger partial charge on any atom is -0.355 e. The van der Waals surface area contributed by atoms with Gasteiger partial charge in [0.1, 0.15) is 9.84 Å². The third kappa shape index (κ3) is 4.80. The average Bonchev–Trinajstić information content (AvgIpc) is 2.88. The highest BCUT2D eigenvalue weighted by Crippen LogP contribution is 2.26. The summed E-state index contributed by atoms with van der Waals surface area (Å²) in [5.41, 5.74) is 1.98. The zero-order valence-electron chi connectivity index (χ0n) is 14.3. The summed E-state index contributed by atoms with van der Waals surface area (Å²) < 4.78 is 22.2. The van der Waals surface area contributed by atoms with Crippen molar-refractivity contribution in [2.75, 3.05) is 30.0 Å². The van der Waals surface area contributed by atoms with Crippen LogP contribution in [-0.2, 0) is 19.4 Å². The van der Waals surface area contributed by atoms with Gasteiger partial charge in [-0.1, -0.05) is 26.0 Å². The summed E-state index contributed by atoms with van der Waals surface area (Å²) >= 11 is 0. The number of anilines is 1. The molecule has 1 aromatic rings. The van der Waals surface area contributed by atoms with E-state index in [-0.39, 0.29) is 30.5 Å². The molecule has 1 N–H and O–H groups in total. The van der Waals surface area contributed by atoms with Crippen LogP contribution in [0.1, 0.15) is 31.7 Å². The second-order valence-electron chi connectivity index (χ2n) is 6.57. The lowest BCUT2D eigenvalue weighted by Gasteiger charge is -2.17. The van der Waals surface area contributed by atoms with Gasteiger partial charge in [-0.05, 0) is 23.6 Å². The van der Waals surface area contributed by atoms with Gasteiger partial charge < -0.3 is 10.2 Å². The molecular formula is C17H24N2O4S. The molecule has 132 valence electrons. The van der Waals surface area contributed by atoms with Crippen LogP contribution in [0.3, 0.4) is 0 Å². The number of carbonyl (C=O) groups is 2. The summed E-state index contributed by atoms with van der Waals surface area (Å²) in [6, 6.07) is 7.79. The summed E-state index contributed by atoms with van der Waals surface area (Å²) in [6.07, 6.45) is 1.28. The van der Waals surface area contributed by atoms with Crippen molar-refractivity contribution in [3.63, 3.8) is 0 Å². The van der Waals surface area contributed by atoms with Crippen molar-refractivity contribution in [1.82, 2.24) is 5.32 Å². The van der Waals surface area contributed by atoms with Crippen LogP contribution in [0.4, 0.5) is 5.69 Å². The SMILES string of the molecule is CC(C)c1ccc(N2CC(C(=O)NCCS(C)(=O)=O)CC2=O)cc1. The van der Waals surface area contributed by atoms with E-state index in [9.17, 15) is 18.0 Å². The summed E-state index contributed by atoms with van der Waals surface area (Å²) in [4.78, 5) is 25.9. The first-order valence-corrected chi connectivity index (χ1v) is 10.1. The zero-order valence-corrected chi connectivity index (χ0v) is 15.1. The second-order valence-corrected chi connectivity index (χ2v) is 8.83. The lowest BCUT2D eigenvalue weighted by atomic mass is 10.0. The van der Waals surface area contributed by atoms with Crippen LogP contribution >= 0.6 is 0 Å². The summed E-state index contributed by atoms with van der Waals surface area (Å²) in [5, 5.41) is 2.60. The normalized spacial score (nSPS) is 18.2. The van der Waals surface area contributed by atoms with Crippen LogP contribution < -0.4 is 10.2 Å². The number of amides is 2. The Kier molecular flexibility index (Phi) is 5.64. The van der Waals surface area contributed by atoms with E-state index in [1.807, 2.05) is 24.3 Å². The van der Waals surface area contributed by atoms with Crippen LogP contribution in [-0.4, -0.2) is 45.3 Å².